The maximum Gasteiger partial charge on any atom is 0.292 e. The number of nitrogens with one attached hydrogen (secondary N) is 1. The third-order valence-electron chi connectivity index (χ3n) is 2.68. The minimum atomic E-state index is -0.619. The molecule has 19 heavy (non-hydrogen) atoms. The van der Waals surface area contributed by atoms with Gasteiger partial charge in [0.15, 0.2) is 0 Å². The zero-order valence-electron chi connectivity index (χ0n) is 11.6. The Morgan fingerprint density at radius 2 is 2.00 bits per heavy atom. The van der Waals surface area contributed by atoms with Gasteiger partial charge in [-0.3, -0.25) is 9.59 Å². The number of hydrogen-bond donors (Lipinski definition) is 1. The molecular formula is C15H19NO3. The molecule has 0 bridgehead atoms. The number of amides is 1. The number of hydrogen-bond acceptors (Lipinski definition) is 3. The Kier molecular flexibility index (Phi) is 5.30. The Morgan fingerprint density at radius 3 is 2.58 bits per heavy atom. The van der Waals surface area contributed by atoms with Crippen molar-refractivity contribution in [3.63, 3.8) is 0 Å². The van der Waals surface area contributed by atoms with Gasteiger partial charge in [0, 0.05) is 12.1 Å². The summed E-state index contributed by atoms with van der Waals surface area (Å²) in [5.41, 5.74) is 1.97. The monoisotopic (exact) mass is 261 g/mol. The van der Waals surface area contributed by atoms with Crippen LogP contribution in [0.15, 0.2) is 24.8 Å². The van der Waals surface area contributed by atoms with Crippen LogP contribution in [-0.4, -0.2) is 24.8 Å². The number of benzene rings is 1. The van der Waals surface area contributed by atoms with Gasteiger partial charge in [0.2, 0.25) is 5.78 Å². The third kappa shape index (κ3) is 3.68. The Bertz CT molecular complexity index is 506. The van der Waals surface area contributed by atoms with Crippen LogP contribution in [0.5, 0.6) is 5.75 Å². The van der Waals surface area contributed by atoms with E-state index in [9.17, 15) is 9.59 Å². The van der Waals surface area contributed by atoms with Crippen LogP contribution in [0, 0.1) is 13.8 Å². The Balaban J connectivity index is 3.01. The number of Topliss-reactive ketones (excluding diaryl/α,β-unsaturated/α-hetero) is 1. The molecule has 0 fully saturated rings. The minimum absolute atomic E-state index is 0.277. The first kappa shape index (κ1) is 15.0. The van der Waals surface area contributed by atoms with Crippen molar-refractivity contribution in [1.29, 1.82) is 0 Å². The lowest BCUT2D eigenvalue weighted by Crippen LogP contribution is -2.31. The van der Waals surface area contributed by atoms with Gasteiger partial charge in [0.05, 0.1) is 6.61 Å². The average molecular weight is 261 g/mol. The lowest BCUT2D eigenvalue weighted by molar-refractivity contribution is -0.116. The second-order valence-electron chi connectivity index (χ2n) is 4.19. The first-order chi connectivity index (χ1) is 9.01. The summed E-state index contributed by atoms with van der Waals surface area (Å²) in [6, 6.07) is 3.48. The highest BCUT2D eigenvalue weighted by Crippen LogP contribution is 2.23. The molecule has 0 radical (unpaired) electrons. The van der Waals surface area contributed by atoms with Crippen LogP contribution in [0.25, 0.3) is 0 Å². The van der Waals surface area contributed by atoms with E-state index in [-0.39, 0.29) is 6.54 Å². The van der Waals surface area contributed by atoms with Gasteiger partial charge in [-0.1, -0.05) is 6.08 Å². The predicted molar refractivity (Wildman–Crippen MR) is 74.6 cm³/mol. The fraction of sp³-hybridized carbons (Fsp3) is 0.333. The molecule has 0 aliphatic heterocycles. The van der Waals surface area contributed by atoms with E-state index in [0.717, 1.165) is 16.9 Å². The zero-order chi connectivity index (χ0) is 14.4. The fourth-order valence-corrected chi connectivity index (χ4v) is 1.71. The molecule has 1 aromatic rings. The van der Waals surface area contributed by atoms with Gasteiger partial charge in [-0.05, 0) is 44.0 Å². The Hall–Kier alpha value is -2.10. The summed E-state index contributed by atoms with van der Waals surface area (Å²) >= 11 is 0. The van der Waals surface area contributed by atoms with Crippen LogP contribution in [0.3, 0.4) is 0 Å². The van der Waals surface area contributed by atoms with Crippen LogP contribution < -0.4 is 10.1 Å². The third-order valence-corrected chi connectivity index (χ3v) is 2.68. The van der Waals surface area contributed by atoms with E-state index in [1.165, 1.54) is 6.08 Å². The fourth-order valence-electron chi connectivity index (χ4n) is 1.71. The molecule has 0 heterocycles. The Labute approximate surface area is 113 Å². The van der Waals surface area contributed by atoms with E-state index in [2.05, 4.69) is 11.9 Å². The summed E-state index contributed by atoms with van der Waals surface area (Å²) in [5, 5.41) is 2.48. The number of ketones is 1. The molecule has 1 aromatic carbocycles. The molecule has 1 rings (SSSR count). The molecule has 1 amide bonds. The van der Waals surface area contributed by atoms with Gasteiger partial charge in [0.25, 0.3) is 5.91 Å². The molecule has 4 nitrogen and oxygen atoms in total. The predicted octanol–water partition coefficient (Wildman–Crippen LogP) is 2.19. The minimum Gasteiger partial charge on any atom is -0.494 e. The standard InChI is InChI=1S/C15H19NO3/c1-5-7-16-15(18)14(17)12-8-11(4)13(19-6-2)9-10(12)3/h5,8-9H,1,6-7H2,2-4H3,(H,16,18). The topological polar surface area (TPSA) is 55.4 Å². The van der Waals surface area contributed by atoms with Crippen LogP contribution in [0.1, 0.15) is 28.4 Å². The molecule has 0 aliphatic carbocycles. The second kappa shape index (κ2) is 6.73. The highest BCUT2D eigenvalue weighted by atomic mass is 16.5. The molecule has 102 valence electrons. The smallest absolute Gasteiger partial charge is 0.292 e. The summed E-state index contributed by atoms with van der Waals surface area (Å²) in [5.74, 6) is -0.417. The largest absolute Gasteiger partial charge is 0.494 e. The molecule has 0 aromatic heterocycles. The molecule has 0 aliphatic rings. The molecule has 0 spiro atoms. The van der Waals surface area contributed by atoms with E-state index in [1.54, 1.807) is 19.1 Å². The van der Waals surface area contributed by atoms with E-state index >= 15 is 0 Å². The van der Waals surface area contributed by atoms with E-state index in [0.29, 0.717) is 12.2 Å². The van der Waals surface area contributed by atoms with Crippen LogP contribution in [0.4, 0.5) is 0 Å². The lowest BCUT2D eigenvalue weighted by Gasteiger charge is -2.11. The molecule has 0 saturated heterocycles. The van der Waals surface area contributed by atoms with Crippen molar-refractivity contribution >= 4 is 11.7 Å². The quantitative estimate of drug-likeness (QED) is 0.485. The van der Waals surface area contributed by atoms with Gasteiger partial charge < -0.3 is 10.1 Å². The van der Waals surface area contributed by atoms with E-state index < -0.39 is 11.7 Å². The molecule has 0 saturated carbocycles. The SMILES string of the molecule is C=CCNC(=O)C(=O)c1cc(C)c(OCC)cc1C. The highest BCUT2D eigenvalue weighted by molar-refractivity contribution is 6.43. The van der Waals surface area contributed by atoms with Gasteiger partial charge in [0.1, 0.15) is 5.75 Å². The summed E-state index contributed by atoms with van der Waals surface area (Å²) in [6.45, 7) is 9.86. The van der Waals surface area contributed by atoms with Crippen molar-refractivity contribution in [3.05, 3.63) is 41.5 Å². The van der Waals surface area contributed by atoms with Gasteiger partial charge in [-0.25, -0.2) is 0 Å². The summed E-state index contributed by atoms with van der Waals surface area (Å²) in [6.07, 6.45) is 1.53. The van der Waals surface area contributed by atoms with E-state index in [4.69, 9.17) is 4.74 Å². The number of carbonyl (C=O) groups is 2. The summed E-state index contributed by atoms with van der Waals surface area (Å²) in [4.78, 5) is 23.6. The molecule has 1 N–H and O–H groups in total. The molecular weight excluding hydrogens is 242 g/mol. The summed E-state index contributed by atoms with van der Waals surface area (Å²) in [7, 11) is 0. The van der Waals surface area contributed by atoms with Gasteiger partial charge >= 0.3 is 0 Å². The normalized spacial score (nSPS) is 9.84. The van der Waals surface area contributed by atoms with Crippen molar-refractivity contribution in [1.82, 2.24) is 5.32 Å². The van der Waals surface area contributed by atoms with E-state index in [1.807, 2.05) is 13.8 Å². The molecule has 0 unspecified atom stereocenters. The second-order valence-corrected chi connectivity index (χ2v) is 4.19. The van der Waals surface area contributed by atoms with Crippen molar-refractivity contribution in [2.75, 3.05) is 13.2 Å². The number of aryl methyl sites for hydroxylation is 2. The van der Waals surface area contributed by atoms with Crippen LogP contribution in [-0.2, 0) is 4.79 Å². The number of rotatable bonds is 6. The average Bonchev–Trinajstić information content (AvgIpc) is 2.39. The van der Waals surface area contributed by atoms with Crippen molar-refractivity contribution in [2.24, 2.45) is 0 Å². The first-order valence-electron chi connectivity index (χ1n) is 6.18. The lowest BCUT2D eigenvalue weighted by atomic mass is 10.0. The van der Waals surface area contributed by atoms with Crippen LogP contribution >= 0.6 is 0 Å². The van der Waals surface area contributed by atoms with Gasteiger partial charge in [-0.2, -0.15) is 0 Å². The molecule has 4 heteroatoms. The van der Waals surface area contributed by atoms with Crippen LogP contribution in [0.2, 0.25) is 0 Å². The van der Waals surface area contributed by atoms with Crippen molar-refractivity contribution in [2.45, 2.75) is 20.8 Å². The van der Waals surface area contributed by atoms with Crippen molar-refractivity contribution in [3.8, 4) is 5.75 Å². The highest BCUT2D eigenvalue weighted by Gasteiger charge is 2.19. The number of ether oxygens (including phenoxy) is 1. The number of carbonyl (C=O) groups excluding carboxylic acids is 2. The maximum absolute atomic E-state index is 12.0. The first-order valence-corrected chi connectivity index (χ1v) is 6.18. The maximum atomic E-state index is 12.0. The Morgan fingerprint density at radius 1 is 1.32 bits per heavy atom. The molecule has 0 atom stereocenters. The van der Waals surface area contributed by atoms with Gasteiger partial charge in [-0.15, -0.1) is 6.58 Å². The summed E-state index contributed by atoms with van der Waals surface area (Å²) < 4.78 is 5.45. The van der Waals surface area contributed by atoms with Crippen molar-refractivity contribution < 1.29 is 14.3 Å². The zero-order valence-corrected chi connectivity index (χ0v) is 11.6.